The highest BCUT2D eigenvalue weighted by Gasteiger charge is 2.53. The van der Waals surface area contributed by atoms with Crippen LogP contribution in [0.4, 0.5) is 26.3 Å². The number of halogens is 6. The van der Waals surface area contributed by atoms with Crippen molar-refractivity contribution < 1.29 is 31.1 Å². The lowest BCUT2D eigenvalue weighted by Crippen LogP contribution is -2.69. The van der Waals surface area contributed by atoms with Crippen molar-refractivity contribution in [1.29, 1.82) is 63.1 Å². The summed E-state index contributed by atoms with van der Waals surface area (Å²) in [7, 11) is 0. The third-order valence-corrected chi connectivity index (χ3v) is 12.3. The van der Waals surface area contributed by atoms with E-state index in [0.717, 1.165) is 24.2 Å². The summed E-state index contributed by atoms with van der Waals surface area (Å²) in [5, 5.41) is 106. The number of ether oxygens (including phenoxy) is 1. The molecule has 0 saturated carbocycles. The van der Waals surface area contributed by atoms with E-state index in [0.29, 0.717) is 11.6 Å². The van der Waals surface area contributed by atoms with Crippen molar-refractivity contribution in [3.8, 4) is 73.2 Å². The average molecular weight is 1070 g/mol. The zero-order valence-electron chi connectivity index (χ0n) is 43.0. The van der Waals surface area contributed by atoms with Crippen molar-refractivity contribution in [3.05, 3.63) is 0 Å². The lowest BCUT2D eigenvalue weighted by atomic mass is 10.1. The molecule has 0 aromatic rings. The minimum absolute atomic E-state index is 0.0359. The molecule has 4 saturated heterocycles. The Labute approximate surface area is 440 Å². The maximum atomic E-state index is 13.0. The number of alkyl halides is 6. The van der Waals surface area contributed by atoms with E-state index in [1.54, 1.807) is 20.8 Å². The van der Waals surface area contributed by atoms with Crippen LogP contribution in [-0.4, -0.2) is 213 Å². The van der Waals surface area contributed by atoms with Crippen LogP contribution in [0, 0.1) is 136 Å². The zero-order valence-corrected chi connectivity index (χ0v) is 43.0. The van der Waals surface area contributed by atoms with Crippen molar-refractivity contribution in [2.24, 2.45) is 0 Å². The van der Waals surface area contributed by atoms with Crippen molar-refractivity contribution in [2.45, 2.75) is 123 Å². The molecule has 31 heteroatoms. The predicted molar refractivity (Wildman–Crippen MR) is 249 cm³/mol. The third kappa shape index (κ3) is 18.7. The average Bonchev–Trinajstić information content (AvgIpc) is 3.36. The molecular formula is C45H60F6N24O. The smallest absolute Gasteiger partial charge is 0.340 e. The first-order valence-electron chi connectivity index (χ1n) is 23.4. The molecule has 408 valence electrons. The normalized spacial score (nSPS) is 24.5. The summed E-state index contributed by atoms with van der Waals surface area (Å²) in [5.41, 5.74) is 0. The van der Waals surface area contributed by atoms with Crippen molar-refractivity contribution in [1.82, 2.24) is 58.8 Å². The van der Waals surface area contributed by atoms with Crippen LogP contribution < -0.4 is 0 Å². The van der Waals surface area contributed by atoms with Crippen LogP contribution in [0.15, 0.2) is 0 Å². The Morgan fingerprint density at radius 2 is 0.737 bits per heavy atom. The Balaban J connectivity index is 0.000000509. The van der Waals surface area contributed by atoms with Gasteiger partial charge in [-0.1, -0.05) is 20.8 Å². The Kier molecular flexibility index (Phi) is 29.2. The highest BCUT2D eigenvalue weighted by Crippen LogP contribution is 2.33. The molecule has 0 aliphatic carbocycles. The van der Waals surface area contributed by atoms with Crippen LogP contribution in [0.25, 0.3) is 0 Å². The summed E-state index contributed by atoms with van der Waals surface area (Å²) in [6.07, 6.45) is -5.31. The molecule has 0 radical (unpaired) electrons. The SMILES string of the molecule is CC1N(CC#N)CN(CC#N)C(C(F)(F)F)N1C#N.CC1N(CC#N)CN(CC#N)C(C)N1C#N.CCC1N(C#N)C(CC)N(CC#N)C(CC)N1CC#N.N#CCN1CN(CC#N)C(OCC(F)(F)F)N(CC#N)C1. The van der Waals surface area contributed by atoms with Gasteiger partial charge in [0.05, 0.1) is 177 Å². The second-order valence-corrected chi connectivity index (χ2v) is 16.9. The highest BCUT2D eigenvalue weighted by atomic mass is 19.4. The summed E-state index contributed by atoms with van der Waals surface area (Å²) in [4.78, 5) is 18.2. The molecule has 4 rings (SSSR count). The van der Waals surface area contributed by atoms with Gasteiger partial charge < -0.3 is 4.74 Å². The first-order chi connectivity index (χ1) is 36.1. The van der Waals surface area contributed by atoms with Crippen LogP contribution in [-0.2, 0) is 4.74 Å². The van der Waals surface area contributed by atoms with E-state index in [-0.39, 0.29) is 103 Å². The van der Waals surface area contributed by atoms with Gasteiger partial charge in [-0.25, -0.2) is 14.7 Å². The van der Waals surface area contributed by atoms with Gasteiger partial charge in [0.1, 0.15) is 6.61 Å². The molecule has 0 N–H and O–H groups in total. The van der Waals surface area contributed by atoms with E-state index >= 15 is 0 Å². The number of nitrogens with zero attached hydrogens (tertiary/aromatic N) is 24. The van der Waals surface area contributed by atoms with Gasteiger partial charge in [-0.05, 0) is 40.0 Å². The van der Waals surface area contributed by atoms with Gasteiger partial charge in [0, 0.05) is 0 Å². The van der Waals surface area contributed by atoms with E-state index in [9.17, 15) is 31.6 Å². The predicted octanol–water partition coefficient (Wildman–Crippen LogP) is 2.61. The molecule has 4 aliphatic heterocycles. The summed E-state index contributed by atoms with van der Waals surface area (Å²) in [6, 6.07) is 17.6. The Morgan fingerprint density at radius 1 is 0.408 bits per heavy atom. The van der Waals surface area contributed by atoms with Crippen molar-refractivity contribution >= 4 is 0 Å². The number of hydrogen-bond acceptors (Lipinski definition) is 25. The fourth-order valence-electron chi connectivity index (χ4n) is 8.94. The Morgan fingerprint density at radius 3 is 1.05 bits per heavy atom. The van der Waals surface area contributed by atoms with Crippen LogP contribution in [0.1, 0.15) is 60.8 Å². The molecule has 0 aromatic heterocycles. The van der Waals surface area contributed by atoms with E-state index in [2.05, 4.69) is 43.6 Å². The molecule has 0 bridgehead atoms. The lowest BCUT2D eigenvalue weighted by Gasteiger charge is -2.54. The molecule has 6 unspecified atom stereocenters. The quantitative estimate of drug-likeness (QED) is 0.137. The molecule has 4 aliphatic rings. The Hall–Kier alpha value is -7.54. The van der Waals surface area contributed by atoms with Crippen molar-refractivity contribution in [3.63, 3.8) is 0 Å². The molecule has 4 fully saturated rings. The third-order valence-electron chi connectivity index (χ3n) is 12.3. The molecule has 0 spiro atoms. The lowest BCUT2D eigenvalue weighted by molar-refractivity contribution is -0.254. The standard InChI is InChI=1S/C14H22N6.C11H13F3N6O.C10H11F3N6.C10H14N6/c1-4-12-18(9-7-15)13(5-2)20(11-17)14(6-3)19(12)10-8-16;12-11(13,14)7-21-10-19(5-2-16)8-18(4-1-15)9-20(10)6-3-17;1-8-17(4-2-14)7-18(5-3-15)9(10(11,12)13)19(8)6-16;1-9-14(5-3-11)8-15(6-4-12)10(2)16(9)7-13/h12-14H,4-6,9-10H2,1-3H3;10H,4-9H2;8-9H,4-5,7H2,1H3;9-10H,5-6,8H2,1-2H3. The van der Waals surface area contributed by atoms with Gasteiger partial charge in [0.2, 0.25) is 0 Å². The van der Waals surface area contributed by atoms with Crippen LogP contribution >= 0.6 is 0 Å². The number of hydrogen-bond donors (Lipinski definition) is 0. The van der Waals surface area contributed by atoms with Crippen molar-refractivity contribution in [2.75, 3.05) is 92.2 Å². The second-order valence-electron chi connectivity index (χ2n) is 16.9. The monoisotopic (exact) mass is 1070 g/mol. The van der Waals surface area contributed by atoms with E-state index in [4.69, 9.17) is 62.6 Å². The molecule has 0 aromatic carbocycles. The molecule has 76 heavy (non-hydrogen) atoms. The first kappa shape index (κ1) is 66.5. The van der Waals surface area contributed by atoms with Crippen LogP contribution in [0.3, 0.4) is 0 Å². The molecule has 4 heterocycles. The largest absolute Gasteiger partial charge is 0.423 e. The van der Waals surface area contributed by atoms with Gasteiger partial charge in [0.15, 0.2) is 31.1 Å². The first-order valence-corrected chi connectivity index (χ1v) is 23.4. The highest BCUT2D eigenvalue weighted by molar-refractivity contribution is 5.01. The number of nitriles is 12. The van der Waals surface area contributed by atoms with E-state index < -0.39 is 44.2 Å². The van der Waals surface area contributed by atoms with E-state index in [1.807, 2.05) is 71.6 Å². The van der Waals surface area contributed by atoms with Crippen LogP contribution in [0.5, 0.6) is 0 Å². The van der Waals surface area contributed by atoms with Gasteiger partial charge in [-0.15, -0.1) is 0 Å². The second kappa shape index (κ2) is 33.4. The maximum Gasteiger partial charge on any atom is 0.423 e. The van der Waals surface area contributed by atoms with Gasteiger partial charge >= 0.3 is 12.4 Å². The number of rotatable bonds is 14. The zero-order chi connectivity index (χ0) is 57.8. The van der Waals surface area contributed by atoms with Gasteiger partial charge in [-0.3, -0.25) is 44.1 Å². The summed E-state index contributed by atoms with van der Waals surface area (Å²) in [6.45, 7) is 10.6. The summed E-state index contributed by atoms with van der Waals surface area (Å²) in [5.74, 6) is 0. The maximum absolute atomic E-state index is 13.0. The minimum atomic E-state index is -4.65. The summed E-state index contributed by atoms with van der Waals surface area (Å²) < 4.78 is 80.7. The topological polar surface area (TPSA) is 334 Å². The van der Waals surface area contributed by atoms with Crippen LogP contribution in [0.2, 0.25) is 0 Å². The fourth-order valence-corrected chi connectivity index (χ4v) is 8.94. The minimum Gasteiger partial charge on any atom is -0.340 e. The van der Waals surface area contributed by atoms with Gasteiger partial charge in [0.25, 0.3) is 0 Å². The fraction of sp³-hybridized carbons (Fsp3) is 0.733. The van der Waals surface area contributed by atoms with E-state index in [1.165, 1.54) is 27.8 Å². The molecular weight excluding hydrogens is 1010 g/mol. The molecule has 25 nitrogen and oxygen atoms in total. The molecule has 0 amide bonds. The van der Waals surface area contributed by atoms with Gasteiger partial charge in [-0.2, -0.15) is 89.5 Å². The summed E-state index contributed by atoms with van der Waals surface area (Å²) >= 11 is 0. The molecule has 6 atom stereocenters. The Bertz CT molecular complexity index is 2260.